The smallest absolute Gasteiger partial charge is 0.250 e. The first kappa shape index (κ1) is 24.3. The van der Waals surface area contributed by atoms with Crippen molar-refractivity contribution in [2.75, 3.05) is 48.8 Å². The molecule has 4 aromatic rings. The number of allylic oxidation sites excluding steroid dienone is 1. The van der Waals surface area contributed by atoms with Crippen LogP contribution in [-0.4, -0.2) is 59.0 Å². The van der Waals surface area contributed by atoms with Crippen LogP contribution in [0.3, 0.4) is 0 Å². The molecule has 2 aromatic carbocycles. The van der Waals surface area contributed by atoms with E-state index in [1.54, 1.807) is 30.6 Å². The summed E-state index contributed by atoms with van der Waals surface area (Å²) >= 11 is 0. The van der Waals surface area contributed by atoms with Crippen molar-refractivity contribution in [3.63, 3.8) is 0 Å². The summed E-state index contributed by atoms with van der Waals surface area (Å²) in [6.07, 6.45) is 4.37. The molecule has 1 aliphatic heterocycles. The highest BCUT2D eigenvalue weighted by atomic mass is 19.1. The third-order valence-corrected chi connectivity index (χ3v) is 6.22. The highest BCUT2D eigenvalue weighted by molar-refractivity contribution is 6.00. The summed E-state index contributed by atoms with van der Waals surface area (Å²) in [4.78, 5) is 30.5. The summed E-state index contributed by atoms with van der Waals surface area (Å²) in [6, 6.07) is 17.4. The van der Waals surface area contributed by atoms with Gasteiger partial charge in [0.2, 0.25) is 5.95 Å². The molecule has 188 valence electrons. The maximum Gasteiger partial charge on any atom is 0.250 e. The number of carbonyl (C=O) groups is 1. The topological polar surface area (TPSA) is 86.3 Å². The minimum atomic E-state index is -0.560. The van der Waals surface area contributed by atoms with Crippen molar-refractivity contribution >= 4 is 39.8 Å². The first-order chi connectivity index (χ1) is 17.9. The second kappa shape index (κ2) is 10.7. The number of likely N-dealkylation sites (N-methyl/N-ethyl adjacent to an activating group) is 1. The van der Waals surface area contributed by atoms with Gasteiger partial charge in [-0.2, -0.15) is 0 Å². The number of fused-ring (bicyclic) bond motifs is 1. The quantitative estimate of drug-likeness (QED) is 0.363. The van der Waals surface area contributed by atoms with E-state index < -0.39 is 11.7 Å². The molecule has 2 aromatic heterocycles. The third-order valence-electron chi connectivity index (χ3n) is 6.22. The summed E-state index contributed by atoms with van der Waals surface area (Å²) in [5.41, 5.74) is 4.73. The van der Waals surface area contributed by atoms with Crippen molar-refractivity contribution in [3.05, 3.63) is 78.9 Å². The minimum Gasteiger partial charge on any atom is -0.369 e. The number of anilines is 4. The lowest BCUT2D eigenvalue weighted by Crippen LogP contribution is -2.44. The van der Waals surface area contributed by atoms with Gasteiger partial charge in [-0.05, 0) is 56.4 Å². The lowest BCUT2D eigenvalue weighted by atomic mass is 10.1. The summed E-state index contributed by atoms with van der Waals surface area (Å²) < 4.78 is 13.1. The fourth-order valence-corrected chi connectivity index (χ4v) is 4.28. The number of pyridine rings is 1. The van der Waals surface area contributed by atoms with Gasteiger partial charge in [-0.15, -0.1) is 0 Å². The van der Waals surface area contributed by atoms with Crippen molar-refractivity contribution in [1.29, 1.82) is 0 Å². The Labute approximate surface area is 214 Å². The standard InChI is InChI=1S/C28H28FN7O/c1-19(29)16-25(37)32-23-5-3-4-20(17-23)26-27-21(10-11-30-26)18-31-28(34-27)33-22-6-8-24(9-7-22)36-14-12-35(2)13-15-36/h3-11,16-18H,12-15H2,1-2H3,(H,32,37)(H,31,33,34). The zero-order valence-corrected chi connectivity index (χ0v) is 20.8. The van der Waals surface area contributed by atoms with Crippen LogP contribution >= 0.6 is 0 Å². The van der Waals surface area contributed by atoms with Gasteiger partial charge in [0, 0.05) is 72.7 Å². The molecule has 37 heavy (non-hydrogen) atoms. The zero-order chi connectivity index (χ0) is 25.8. The monoisotopic (exact) mass is 497 g/mol. The molecular weight excluding hydrogens is 469 g/mol. The number of amides is 1. The van der Waals surface area contributed by atoms with E-state index in [1.807, 2.05) is 24.3 Å². The van der Waals surface area contributed by atoms with E-state index >= 15 is 0 Å². The predicted octanol–water partition coefficient (Wildman–Crippen LogP) is 5.00. The number of rotatable bonds is 6. The number of halogens is 1. The Kier molecular flexibility index (Phi) is 7.04. The van der Waals surface area contributed by atoms with Gasteiger partial charge in [0.1, 0.15) is 11.3 Å². The minimum absolute atomic E-state index is 0.460. The number of aromatic nitrogens is 3. The van der Waals surface area contributed by atoms with E-state index in [0.29, 0.717) is 22.8 Å². The molecule has 0 saturated carbocycles. The Hall–Kier alpha value is -4.37. The zero-order valence-electron chi connectivity index (χ0n) is 20.8. The van der Waals surface area contributed by atoms with Crippen LogP contribution in [0.2, 0.25) is 0 Å². The van der Waals surface area contributed by atoms with Crippen molar-refractivity contribution in [3.8, 4) is 11.3 Å². The molecule has 0 radical (unpaired) electrons. The summed E-state index contributed by atoms with van der Waals surface area (Å²) in [5.74, 6) is -0.632. The largest absolute Gasteiger partial charge is 0.369 e. The summed E-state index contributed by atoms with van der Waals surface area (Å²) in [7, 11) is 2.15. The van der Waals surface area contributed by atoms with E-state index in [9.17, 15) is 9.18 Å². The van der Waals surface area contributed by atoms with Gasteiger partial charge >= 0.3 is 0 Å². The second-order valence-electron chi connectivity index (χ2n) is 9.05. The number of piperazine rings is 1. The average molecular weight is 498 g/mol. The number of hydrogen-bond acceptors (Lipinski definition) is 7. The van der Waals surface area contributed by atoms with Crippen LogP contribution < -0.4 is 15.5 Å². The molecule has 8 nitrogen and oxygen atoms in total. The Morgan fingerprint density at radius 2 is 1.78 bits per heavy atom. The summed E-state index contributed by atoms with van der Waals surface area (Å²) in [6.45, 7) is 5.38. The van der Waals surface area contributed by atoms with Gasteiger partial charge in [-0.3, -0.25) is 9.78 Å². The molecule has 2 N–H and O–H groups in total. The van der Waals surface area contributed by atoms with Crippen LogP contribution in [0.5, 0.6) is 0 Å². The molecule has 1 amide bonds. The van der Waals surface area contributed by atoms with Crippen molar-refractivity contribution in [1.82, 2.24) is 19.9 Å². The number of carbonyl (C=O) groups excluding carboxylic acids is 1. The van der Waals surface area contributed by atoms with Gasteiger partial charge in [-0.25, -0.2) is 14.4 Å². The normalized spacial score (nSPS) is 14.6. The molecule has 1 fully saturated rings. The molecule has 5 rings (SSSR count). The number of hydrogen-bond donors (Lipinski definition) is 2. The molecular formula is C28H28FN7O. The first-order valence-corrected chi connectivity index (χ1v) is 12.1. The third kappa shape index (κ3) is 5.90. The maximum absolute atomic E-state index is 13.1. The van der Waals surface area contributed by atoms with Crippen LogP contribution in [-0.2, 0) is 4.79 Å². The first-order valence-electron chi connectivity index (χ1n) is 12.1. The van der Waals surface area contributed by atoms with Gasteiger partial charge in [-0.1, -0.05) is 12.1 Å². The predicted molar refractivity (Wildman–Crippen MR) is 146 cm³/mol. The van der Waals surface area contributed by atoms with Gasteiger partial charge < -0.3 is 20.4 Å². The lowest BCUT2D eigenvalue weighted by Gasteiger charge is -2.34. The van der Waals surface area contributed by atoms with Gasteiger partial charge in [0.25, 0.3) is 5.91 Å². The van der Waals surface area contributed by atoms with Crippen LogP contribution in [0.4, 0.5) is 27.4 Å². The molecule has 0 aliphatic carbocycles. The molecule has 1 saturated heterocycles. The highest BCUT2D eigenvalue weighted by Gasteiger charge is 2.14. The van der Waals surface area contributed by atoms with E-state index in [4.69, 9.17) is 4.98 Å². The summed E-state index contributed by atoms with van der Waals surface area (Å²) in [5, 5.41) is 6.80. The molecule has 0 bridgehead atoms. The number of nitrogens with zero attached hydrogens (tertiary/aromatic N) is 5. The van der Waals surface area contributed by atoms with Crippen molar-refractivity contribution < 1.29 is 9.18 Å². The Bertz CT molecular complexity index is 1440. The molecule has 3 heterocycles. The fraction of sp³-hybridized carbons (Fsp3) is 0.214. The molecule has 9 heteroatoms. The molecule has 0 atom stereocenters. The average Bonchev–Trinajstić information content (AvgIpc) is 2.89. The SMILES string of the molecule is CC(F)=CC(=O)Nc1cccc(-c2nccc3cnc(Nc4ccc(N5CCN(C)CC5)cc4)nc23)c1. The molecule has 0 unspecified atom stereocenters. The van der Waals surface area contributed by atoms with E-state index in [1.165, 1.54) is 12.6 Å². The van der Waals surface area contributed by atoms with Crippen LogP contribution in [0.25, 0.3) is 22.2 Å². The Morgan fingerprint density at radius 3 is 2.54 bits per heavy atom. The van der Waals surface area contributed by atoms with Crippen LogP contribution in [0.15, 0.2) is 78.9 Å². The van der Waals surface area contributed by atoms with Crippen LogP contribution in [0.1, 0.15) is 6.92 Å². The van der Waals surface area contributed by atoms with Gasteiger partial charge in [0.15, 0.2) is 0 Å². The lowest BCUT2D eigenvalue weighted by molar-refractivity contribution is -0.112. The molecule has 1 aliphatic rings. The maximum atomic E-state index is 13.1. The van der Waals surface area contributed by atoms with E-state index in [0.717, 1.165) is 48.9 Å². The van der Waals surface area contributed by atoms with Crippen molar-refractivity contribution in [2.24, 2.45) is 0 Å². The Morgan fingerprint density at radius 1 is 1.00 bits per heavy atom. The number of benzene rings is 2. The molecule has 0 spiro atoms. The Balaban J connectivity index is 1.38. The second-order valence-corrected chi connectivity index (χ2v) is 9.05. The fourth-order valence-electron chi connectivity index (χ4n) is 4.28. The number of nitrogens with one attached hydrogen (secondary N) is 2. The van der Waals surface area contributed by atoms with Crippen LogP contribution in [0, 0.1) is 0 Å². The van der Waals surface area contributed by atoms with Gasteiger partial charge in [0.05, 0.1) is 5.69 Å². The highest BCUT2D eigenvalue weighted by Crippen LogP contribution is 2.28. The van der Waals surface area contributed by atoms with E-state index in [-0.39, 0.29) is 0 Å². The van der Waals surface area contributed by atoms with Crippen molar-refractivity contribution in [2.45, 2.75) is 6.92 Å². The van der Waals surface area contributed by atoms with E-state index in [2.05, 4.69) is 49.6 Å².